The number of nitrogens with one attached hydrogen (secondary N) is 1. The first kappa shape index (κ1) is 7.71. The highest BCUT2D eigenvalue weighted by Crippen LogP contribution is 2.13. The van der Waals surface area contributed by atoms with Gasteiger partial charge in [0.05, 0.1) is 19.3 Å². The van der Waals surface area contributed by atoms with Gasteiger partial charge in [-0.1, -0.05) is 6.07 Å². The number of rotatable bonds is 1. The highest BCUT2D eigenvalue weighted by molar-refractivity contribution is 5.14. The summed E-state index contributed by atoms with van der Waals surface area (Å²) in [6, 6.07) is 4.35. The van der Waals surface area contributed by atoms with Crippen LogP contribution in [0.4, 0.5) is 0 Å². The van der Waals surface area contributed by atoms with Gasteiger partial charge >= 0.3 is 0 Å². The molecule has 64 valence electrons. The second kappa shape index (κ2) is 3.65. The van der Waals surface area contributed by atoms with Crippen molar-refractivity contribution in [3.05, 3.63) is 30.1 Å². The van der Waals surface area contributed by atoms with E-state index < -0.39 is 0 Å². The summed E-state index contributed by atoms with van der Waals surface area (Å²) in [5.41, 5.74) is 1.21. The lowest BCUT2D eigenvalue weighted by molar-refractivity contribution is 0.0768. The van der Waals surface area contributed by atoms with Crippen LogP contribution in [0.5, 0.6) is 0 Å². The van der Waals surface area contributed by atoms with Crippen molar-refractivity contribution in [1.82, 2.24) is 10.3 Å². The third kappa shape index (κ3) is 1.62. The summed E-state index contributed by atoms with van der Waals surface area (Å²) in [5, 5.41) is 3.37. The van der Waals surface area contributed by atoms with Crippen LogP contribution in [0.25, 0.3) is 0 Å². The zero-order valence-electron chi connectivity index (χ0n) is 6.86. The van der Waals surface area contributed by atoms with Crippen molar-refractivity contribution in [1.29, 1.82) is 0 Å². The fraction of sp³-hybridized carbons (Fsp3) is 0.444. The zero-order valence-corrected chi connectivity index (χ0v) is 6.86. The maximum atomic E-state index is 5.35. The first-order valence-corrected chi connectivity index (χ1v) is 4.18. The molecule has 3 nitrogen and oxygen atoms in total. The van der Waals surface area contributed by atoms with E-state index in [1.807, 2.05) is 12.3 Å². The van der Waals surface area contributed by atoms with Crippen LogP contribution in [0.15, 0.2) is 24.5 Å². The number of aromatic nitrogens is 1. The van der Waals surface area contributed by atoms with Gasteiger partial charge in [-0.3, -0.25) is 4.98 Å². The summed E-state index contributed by atoms with van der Waals surface area (Å²) >= 11 is 0. The first-order valence-electron chi connectivity index (χ1n) is 4.18. The average Bonchev–Trinajstić information content (AvgIpc) is 2.21. The van der Waals surface area contributed by atoms with Gasteiger partial charge in [0, 0.05) is 18.9 Å². The monoisotopic (exact) mass is 164 g/mol. The number of hydrogen-bond acceptors (Lipinski definition) is 3. The third-order valence-corrected chi connectivity index (χ3v) is 2.01. The molecule has 12 heavy (non-hydrogen) atoms. The van der Waals surface area contributed by atoms with Crippen molar-refractivity contribution in [3.63, 3.8) is 0 Å². The van der Waals surface area contributed by atoms with Crippen LogP contribution < -0.4 is 5.32 Å². The minimum Gasteiger partial charge on any atom is -0.378 e. The van der Waals surface area contributed by atoms with E-state index in [1.165, 1.54) is 5.56 Å². The summed E-state index contributed by atoms with van der Waals surface area (Å²) in [4.78, 5) is 4.06. The largest absolute Gasteiger partial charge is 0.378 e. The molecule has 1 fully saturated rings. The Hall–Kier alpha value is -0.930. The van der Waals surface area contributed by atoms with Crippen LogP contribution in [0.1, 0.15) is 11.6 Å². The summed E-state index contributed by atoms with van der Waals surface area (Å²) in [7, 11) is 0. The molecule has 0 aliphatic carbocycles. The Balaban J connectivity index is 2.08. The summed E-state index contributed by atoms with van der Waals surface area (Å²) in [6.07, 6.45) is 3.67. The Morgan fingerprint density at radius 3 is 3.25 bits per heavy atom. The Kier molecular flexibility index (Phi) is 2.34. The SMILES string of the molecule is c1cncc([C@H]2COCCN2)c1. The molecule has 0 saturated carbocycles. The molecule has 0 unspecified atom stereocenters. The highest BCUT2D eigenvalue weighted by atomic mass is 16.5. The highest BCUT2D eigenvalue weighted by Gasteiger charge is 2.14. The van der Waals surface area contributed by atoms with E-state index in [-0.39, 0.29) is 0 Å². The van der Waals surface area contributed by atoms with Crippen molar-refractivity contribution in [2.75, 3.05) is 19.8 Å². The summed E-state index contributed by atoms with van der Waals surface area (Å²) in [6.45, 7) is 2.50. The summed E-state index contributed by atoms with van der Waals surface area (Å²) in [5.74, 6) is 0. The van der Waals surface area contributed by atoms with E-state index >= 15 is 0 Å². The molecular weight excluding hydrogens is 152 g/mol. The lowest BCUT2D eigenvalue weighted by Crippen LogP contribution is -2.34. The van der Waals surface area contributed by atoms with Gasteiger partial charge in [-0.25, -0.2) is 0 Å². The second-order valence-corrected chi connectivity index (χ2v) is 2.87. The Morgan fingerprint density at radius 1 is 1.58 bits per heavy atom. The Morgan fingerprint density at radius 2 is 2.58 bits per heavy atom. The van der Waals surface area contributed by atoms with Crippen molar-refractivity contribution in [2.24, 2.45) is 0 Å². The quantitative estimate of drug-likeness (QED) is 0.664. The number of pyridine rings is 1. The minimum absolute atomic E-state index is 0.326. The molecule has 1 aromatic rings. The molecular formula is C9H12N2O. The van der Waals surface area contributed by atoms with E-state index in [4.69, 9.17) is 4.74 Å². The molecule has 0 spiro atoms. The molecule has 0 bridgehead atoms. The van der Waals surface area contributed by atoms with Crippen LogP contribution in [0.3, 0.4) is 0 Å². The number of hydrogen-bond donors (Lipinski definition) is 1. The fourth-order valence-electron chi connectivity index (χ4n) is 1.36. The third-order valence-electron chi connectivity index (χ3n) is 2.01. The fourth-order valence-corrected chi connectivity index (χ4v) is 1.36. The Labute approximate surface area is 71.8 Å². The second-order valence-electron chi connectivity index (χ2n) is 2.87. The van der Waals surface area contributed by atoms with Gasteiger partial charge in [0.2, 0.25) is 0 Å². The van der Waals surface area contributed by atoms with Crippen LogP contribution in [-0.2, 0) is 4.74 Å². The molecule has 2 heterocycles. The summed E-state index contributed by atoms with van der Waals surface area (Å²) < 4.78 is 5.35. The smallest absolute Gasteiger partial charge is 0.0662 e. The van der Waals surface area contributed by atoms with E-state index in [1.54, 1.807) is 6.20 Å². The maximum absolute atomic E-state index is 5.35. The predicted molar refractivity (Wildman–Crippen MR) is 45.8 cm³/mol. The molecule has 1 aliphatic heterocycles. The molecule has 0 radical (unpaired) electrons. The van der Waals surface area contributed by atoms with Gasteiger partial charge in [-0.05, 0) is 11.6 Å². The first-order chi connectivity index (χ1) is 5.97. The van der Waals surface area contributed by atoms with Gasteiger partial charge in [0.15, 0.2) is 0 Å². The van der Waals surface area contributed by atoms with Crippen LogP contribution in [-0.4, -0.2) is 24.7 Å². The van der Waals surface area contributed by atoms with Crippen LogP contribution in [0, 0.1) is 0 Å². The van der Waals surface area contributed by atoms with E-state index in [0.717, 1.165) is 19.8 Å². The maximum Gasteiger partial charge on any atom is 0.0662 e. The van der Waals surface area contributed by atoms with Gasteiger partial charge in [0.1, 0.15) is 0 Å². The van der Waals surface area contributed by atoms with E-state index in [9.17, 15) is 0 Å². The number of nitrogens with zero attached hydrogens (tertiary/aromatic N) is 1. The van der Waals surface area contributed by atoms with Crippen LogP contribution >= 0.6 is 0 Å². The van der Waals surface area contributed by atoms with Crippen LogP contribution in [0.2, 0.25) is 0 Å². The zero-order chi connectivity index (χ0) is 8.23. The molecule has 3 heteroatoms. The predicted octanol–water partition coefficient (Wildman–Crippen LogP) is 0.743. The molecule has 1 aromatic heterocycles. The standard InChI is InChI=1S/C9H12N2O/c1-2-8(6-10-3-1)9-7-12-5-4-11-9/h1-3,6,9,11H,4-5,7H2/t9-/m1/s1. The number of ether oxygens (including phenoxy) is 1. The minimum atomic E-state index is 0.326. The van der Waals surface area contributed by atoms with E-state index in [2.05, 4.69) is 16.4 Å². The van der Waals surface area contributed by atoms with Gasteiger partial charge in [-0.15, -0.1) is 0 Å². The molecule has 1 saturated heterocycles. The normalized spacial score (nSPS) is 23.8. The van der Waals surface area contributed by atoms with Crippen molar-refractivity contribution >= 4 is 0 Å². The molecule has 0 amide bonds. The molecule has 2 rings (SSSR count). The van der Waals surface area contributed by atoms with Crippen molar-refractivity contribution in [2.45, 2.75) is 6.04 Å². The molecule has 1 aliphatic rings. The van der Waals surface area contributed by atoms with Crippen molar-refractivity contribution < 1.29 is 4.74 Å². The molecule has 0 aromatic carbocycles. The van der Waals surface area contributed by atoms with Gasteiger partial charge < -0.3 is 10.1 Å². The van der Waals surface area contributed by atoms with Crippen molar-refractivity contribution in [3.8, 4) is 0 Å². The molecule has 1 atom stereocenters. The lowest BCUT2D eigenvalue weighted by Gasteiger charge is -2.23. The molecule has 1 N–H and O–H groups in total. The Bertz CT molecular complexity index is 232. The lowest BCUT2D eigenvalue weighted by atomic mass is 10.1. The van der Waals surface area contributed by atoms with Gasteiger partial charge in [0.25, 0.3) is 0 Å². The number of morpholine rings is 1. The van der Waals surface area contributed by atoms with Gasteiger partial charge in [-0.2, -0.15) is 0 Å². The topological polar surface area (TPSA) is 34.1 Å². The van der Waals surface area contributed by atoms with E-state index in [0.29, 0.717) is 6.04 Å². The average molecular weight is 164 g/mol.